The molecule has 0 atom stereocenters. The summed E-state index contributed by atoms with van der Waals surface area (Å²) >= 11 is 0. The van der Waals surface area contributed by atoms with E-state index in [1.807, 2.05) is 16.6 Å². The third-order valence-electron chi connectivity index (χ3n) is 5.08. The predicted octanol–water partition coefficient (Wildman–Crippen LogP) is 2.33. The highest BCUT2D eigenvalue weighted by atomic mass is 16.5. The number of benzene rings is 1. The van der Waals surface area contributed by atoms with Gasteiger partial charge in [0.05, 0.1) is 7.11 Å². The molecular formula is C19H24N6O. The Hall–Kier alpha value is -2.83. The third-order valence-corrected chi connectivity index (χ3v) is 5.08. The number of ether oxygens (including phenoxy) is 1. The highest BCUT2D eigenvalue weighted by molar-refractivity contribution is 5.57. The first-order valence-electron chi connectivity index (χ1n) is 9.04. The van der Waals surface area contributed by atoms with Crippen molar-refractivity contribution in [2.75, 3.05) is 43.1 Å². The molecule has 0 unspecified atom stereocenters. The molecule has 1 aliphatic rings. The summed E-state index contributed by atoms with van der Waals surface area (Å²) in [5.41, 5.74) is 3.53. The lowest BCUT2D eigenvalue weighted by Crippen LogP contribution is -2.47. The van der Waals surface area contributed by atoms with Gasteiger partial charge in [-0.15, -0.1) is 0 Å². The van der Waals surface area contributed by atoms with Gasteiger partial charge in [-0.2, -0.15) is 14.6 Å². The van der Waals surface area contributed by atoms with Crippen LogP contribution in [0.5, 0.6) is 5.75 Å². The standard InChI is InChI=1S/C19H24N6O/c1-4-17-14(2)22-19-20-13-21-25(19)18(17)24-11-9-23(10-12-24)15-5-7-16(26-3)8-6-15/h5-8,13H,4,9-12H2,1-3H3. The van der Waals surface area contributed by atoms with Crippen LogP contribution in [0.2, 0.25) is 0 Å². The quantitative estimate of drug-likeness (QED) is 0.718. The molecular weight excluding hydrogens is 328 g/mol. The van der Waals surface area contributed by atoms with Gasteiger partial charge in [0.15, 0.2) is 0 Å². The molecule has 0 bridgehead atoms. The van der Waals surface area contributed by atoms with E-state index >= 15 is 0 Å². The smallest absolute Gasteiger partial charge is 0.254 e. The SMILES string of the molecule is CCc1c(C)nc2ncnn2c1N1CCN(c2ccc(OC)cc2)CC1. The molecule has 136 valence electrons. The lowest BCUT2D eigenvalue weighted by atomic mass is 10.1. The Kier molecular flexibility index (Phi) is 4.36. The van der Waals surface area contributed by atoms with Crippen LogP contribution in [0.4, 0.5) is 11.5 Å². The summed E-state index contributed by atoms with van der Waals surface area (Å²) in [6, 6.07) is 8.28. The molecule has 0 N–H and O–H groups in total. The zero-order chi connectivity index (χ0) is 18.1. The van der Waals surface area contributed by atoms with E-state index in [0.717, 1.165) is 49.9 Å². The number of piperazine rings is 1. The molecule has 4 rings (SSSR count). The highest BCUT2D eigenvalue weighted by Gasteiger charge is 2.23. The van der Waals surface area contributed by atoms with Gasteiger partial charge in [0.1, 0.15) is 17.9 Å². The lowest BCUT2D eigenvalue weighted by Gasteiger charge is -2.38. The normalized spacial score (nSPS) is 14.9. The van der Waals surface area contributed by atoms with Crippen LogP contribution in [0.25, 0.3) is 5.78 Å². The summed E-state index contributed by atoms with van der Waals surface area (Å²) < 4.78 is 7.14. The van der Waals surface area contributed by atoms with Gasteiger partial charge in [0, 0.05) is 43.1 Å². The molecule has 3 heterocycles. The van der Waals surface area contributed by atoms with Crippen molar-refractivity contribution in [1.82, 2.24) is 19.6 Å². The molecule has 0 saturated carbocycles. The fourth-order valence-corrected chi connectivity index (χ4v) is 3.68. The summed E-state index contributed by atoms with van der Waals surface area (Å²) in [4.78, 5) is 13.7. The number of fused-ring (bicyclic) bond motifs is 1. The molecule has 1 aromatic carbocycles. The van der Waals surface area contributed by atoms with Crippen LogP contribution < -0.4 is 14.5 Å². The Morgan fingerprint density at radius 2 is 1.73 bits per heavy atom. The average molecular weight is 352 g/mol. The van der Waals surface area contributed by atoms with Gasteiger partial charge in [0.2, 0.25) is 0 Å². The number of aromatic nitrogens is 4. The molecule has 0 amide bonds. The number of rotatable bonds is 4. The van der Waals surface area contributed by atoms with Crippen molar-refractivity contribution >= 4 is 17.3 Å². The second-order valence-corrected chi connectivity index (χ2v) is 6.50. The molecule has 1 saturated heterocycles. The van der Waals surface area contributed by atoms with Gasteiger partial charge in [-0.25, -0.2) is 4.98 Å². The van der Waals surface area contributed by atoms with Gasteiger partial charge in [0.25, 0.3) is 5.78 Å². The summed E-state index contributed by atoms with van der Waals surface area (Å²) in [5.74, 6) is 2.70. The van der Waals surface area contributed by atoms with Gasteiger partial charge < -0.3 is 14.5 Å². The monoisotopic (exact) mass is 352 g/mol. The van der Waals surface area contributed by atoms with Crippen molar-refractivity contribution in [2.45, 2.75) is 20.3 Å². The summed E-state index contributed by atoms with van der Waals surface area (Å²) in [7, 11) is 1.70. The zero-order valence-corrected chi connectivity index (χ0v) is 15.5. The van der Waals surface area contributed by atoms with Gasteiger partial charge in [-0.1, -0.05) is 6.92 Å². The Morgan fingerprint density at radius 3 is 2.38 bits per heavy atom. The van der Waals surface area contributed by atoms with Crippen molar-refractivity contribution < 1.29 is 4.74 Å². The molecule has 0 radical (unpaired) electrons. The van der Waals surface area contributed by atoms with Crippen molar-refractivity contribution in [3.8, 4) is 5.75 Å². The van der Waals surface area contributed by atoms with E-state index in [0.29, 0.717) is 5.78 Å². The maximum Gasteiger partial charge on any atom is 0.254 e. The van der Waals surface area contributed by atoms with E-state index in [1.54, 1.807) is 13.4 Å². The molecule has 2 aromatic heterocycles. The molecule has 26 heavy (non-hydrogen) atoms. The second-order valence-electron chi connectivity index (χ2n) is 6.50. The number of hydrogen-bond acceptors (Lipinski definition) is 6. The van der Waals surface area contributed by atoms with Crippen molar-refractivity contribution in [3.05, 3.63) is 41.9 Å². The van der Waals surface area contributed by atoms with Crippen LogP contribution >= 0.6 is 0 Å². The molecule has 1 aliphatic heterocycles. The number of hydrogen-bond donors (Lipinski definition) is 0. The number of anilines is 2. The predicted molar refractivity (Wildman–Crippen MR) is 102 cm³/mol. The number of methoxy groups -OCH3 is 1. The summed E-state index contributed by atoms with van der Waals surface area (Å²) in [6.07, 6.45) is 2.51. The van der Waals surface area contributed by atoms with E-state index in [9.17, 15) is 0 Å². The first kappa shape index (κ1) is 16.6. The Balaban J connectivity index is 1.58. The van der Waals surface area contributed by atoms with E-state index in [1.165, 1.54) is 11.3 Å². The van der Waals surface area contributed by atoms with Crippen LogP contribution in [0.15, 0.2) is 30.6 Å². The van der Waals surface area contributed by atoms with Crippen molar-refractivity contribution in [2.24, 2.45) is 0 Å². The summed E-state index contributed by atoms with van der Waals surface area (Å²) in [6.45, 7) is 8.05. The average Bonchev–Trinajstić information content (AvgIpc) is 3.15. The minimum absolute atomic E-state index is 0.673. The molecule has 0 spiro atoms. The largest absolute Gasteiger partial charge is 0.497 e. The Bertz CT molecular complexity index is 896. The van der Waals surface area contributed by atoms with Crippen LogP contribution in [0, 0.1) is 6.92 Å². The fraction of sp³-hybridized carbons (Fsp3) is 0.421. The van der Waals surface area contributed by atoms with E-state index < -0.39 is 0 Å². The van der Waals surface area contributed by atoms with Crippen molar-refractivity contribution in [3.63, 3.8) is 0 Å². The lowest BCUT2D eigenvalue weighted by molar-refractivity contribution is 0.415. The first-order valence-corrected chi connectivity index (χ1v) is 9.04. The highest BCUT2D eigenvalue weighted by Crippen LogP contribution is 2.27. The minimum atomic E-state index is 0.673. The maximum absolute atomic E-state index is 5.25. The third kappa shape index (κ3) is 2.83. The Morgan fingerprint density at radius 1 is 1.04 bits per heavy atom. The molecule has 7 nitrogen and oxygen atoms in total. The van der Waals surface area contributed by atoms with E-state index in [4.69, 9.17) is 4.74 Å². The summed E-state index contributed by atoms with van der Waals surface area (Å²) in [5, 5.41) is 4.41. The van der Waals surface area contributed by atoms with E-state index in [-0.39, 0.29) is 0 Å². The van der Waals surface area contributed by atoms with Crippen molar-refractivity contribution in [1.29, 1.82) is 0 Å². The molecule has 7 heteroatoms. The minimum Gasteiger partial charge on any atom is -0.497 e. The first-order chi connectivity index (χ1) is 12.7. The molecule has 3 aromatic rings. The zero-order valence-electron chi connectivity index (χ0n) is 15.5. The fourth-order valence-electron chi connectivity index (χ4n) is 3.68. The topological polar surface area (TPSA) is 58.8 Å². The van der Waals surface area contributed by atoms with E-state index in [2.05, 4.69) is 50.8 Å². The maximum atomic E-state index is 5.25. The van der Waals surface area contributed by atoms with Crippen LogP contribution in [0.1, 0.15) is 18.2 Å². The number of nitrogens with zero attached hydrogens (tertiary/aromatic N) is 6. The Labute approximate surface area is 153 Å². The van der Waals surface area contributed by atoms with Crippen LogP contribution in [0.3, 0.4) is 0 Å². The van der Waals surface area contributed by atoms with Crippen LogP contribution in [-0.4, -0.2) is 52.9 Å². The van der Waals surface area contributed by atoms with Gasteiger partial charge >= 0.3 is 0 Å². The molecule has 1 fully saturated rings. The number of aryl methyl sites for hydroxylation is 1. The van der Waals surface area contributed by atoms with Gasteiger partial charge in [-0.3, -0.25) is 0 Å². The molecule has 0 aliphatic carbocycles. The van der Waals surface area contributed by atoms with Crippen LogP contribution in [-0.2, 0) is 6.42 Å². The second kappa shape index (κ2) is 6.82. The van der Waals surface area contributed by atoms with Gasteiger partial charge in [-0.05, 0) is 37.6 Å².